The first kappa shape index (κ1) is 18.0. The molecule has 1 atom stereocenters. The van der Waals surface area contributed by atoms with Crippen molar-refractivity contribution in [1.29, 1.82) is 0 Å². The number of carboxylic acid groups (broad SMARTS) is 1. The van der Waals surface area contributed by atoms with E-state index >= 15 is 0 Å². The third-order valence-corrected chi connectivity index (χ3v) is 5.40. The summed E-state index contributed by atoms with van der Waals surface area (Å²) in [6.45, 7) is 11.4. The molecule has 1 aromatic carbocycles. The number of benzene rings is 1. The van der Waals surface area contributed by atoms with Crippen LogP contribution in [0.3, 0.4) is 0 Å². The topological polar surface area (TPSA) is 51.5 Å². The molecule has 0 saturated heterocycles. The number of hydrogen-bond acceptors (Lipinski definition) is 2. The number of nitrogens with zero attached hydrogens (tertiary/aromatic N) is 1. The predicted molar refractivity (Wildman–Crippen MR) is 100 cm³/mol. The minimum atomic E-state index is -0.809. The van der Waals surface area contributed by atoms with E-state index < -0.39 is 11.6 Å². The third-order valence-electron chi connectivity index (χ3n) is 5.40. The molecule has 0 amide bonds. The lowest BCUT2D eigenvalue weighted by Gasteiger charge is -2.40. The first-order valence-corrected chi connectivity index (χ1v) is 9.27. The summed E-state index contributed by atoms with van der Waals surface area (Å²) in [5.41, 5.74) is 3.99. The van der Waals surface area contributed by atoms with E-state index in [-0.39, 0.29) is 12.0 Å². The van der Waals surface area contributed by atoms with Gasteiger partial charge in [0.25, 0.3) is 0 Å². The van der Waals surface area contributed by atoms with Gasteiger partial charge in [-0.25, -0.2) is 0 Å². The Morgan fingerprint density at radius 1 is 1.32 bits per heavy atom. The van der Waals surface area contributed by atoms with Crippen LogP contribution in [-0.2, 0) is 33.5 Å². The molecule has 1 N–H and O–H groups in total. The van der Waals surface area contributed by atoms with Crippen molar-refractivity contribution in [2.24, 2.45) is 0 Å². The van der Waals surface area contributed by atoms with Crippen molar-refractivity contribution in [3.63, 3.8) is 0 Å². The first-order chi connectivity index (χ1) is 11.7. The van der Waals surface area contributed by atoms with Gasteiger partial charge in [-0.2, -0.15) is 0 Å². The molecule has 1 aromatic heterocycles. The summed E-state index contributed by atoms with van der Waals surface area (Å²) in [4.78, 5) is 11.7. The Hall–Kier alpha value is -1.81. The number of ether oxygens (including phenoxy) is 1. The summed E-state index contributed by atoms with van der Waals surface area (Å²) in [7, 11) is 0. The molecule has 0 fully saturated rings. The summed E-state index contributed by atoms with van der Waals surface area (Å²) in [5.74, 6) is -0.809. The fourth-order valence-electron chi connectivity index (χ4n) is 4.35. The zero-order chi connectivity index (χ0) is 18.4. The molecule has 2 aromatic rings. The van der Waals surface area contributed by atoms with Crippen LogP contribution in [0.2, 0.25) is 0 Å². The molecule has 0 radical (unpaired) electrons. The molecule has 0 aliphatic carbocycles. The van der Waals surface area contributed by atoms with Gasteiger partial charge in [-0.3, -0.25) is 4.79 Å². The van der Waals surface area contributed by atoms with Crippen molar-refractivity contribution >= 4 is 16.9 Å². The Kier molecular flexibility index (Phi) is 4.44. The van der Waals surface area contributed by atoms with Crippen molar-refractivity contribution in [3.05, 3.63) is 35.0 Å². The molecule has 136 valence electrons. The van der Waals surface area contributed by atoms with Gasteiger partial charge in [0.2, 0.25) is 0 Å². The van der Waals surface area contributed by atoms with Gasteiger partial charge >= 0.3 is 5.97 Å². The lowest BCUT2D eigenvalue weighted by atomic mass is 9.85. The van der Waals surface area contributed by atoms with E-state index in [0.29, 0.717) is 13.0 Å². The quantitative estimate of drug-likeness (QED) is 0.882. The van der Waals surface area contributed by atoms with E-state index in [9.17, 15) is 9.90 Å². The number of carboxylic acids is 1. The minimum absolute atomic E-state index is 0.00433. The zero-order valence-corrected chi connectivity index (χ0v) is 16.0. The lowest BCUT2D eigenvalue weighted by molar-refractivity contribution is -0.149. The van der Waals surface area contributed by atoms with Crippen LogP contribution in [0, 0.1) is 0 Å². The van der Waals surface area contributed by atoms with Crippen LogP contribution < -0.4 is 0 Å². The van der Waals surface area contributed by atoms with E-state index in [2.05, 4.69) is 50.5 Å². The molecule has 1 aliphatic heterocycles. The molecular formula is C21H29NO3. The van der Waals surface area contributed by atoms with Crippen LogP contribution in [-0.4, -0.2) is 22.2 Å². The molecule has 0 spiro atoms. The molecule has 0 saturated carbocycles. The van der Waals surface area contributed by atoms with E-state index in [1.807, 2.05) is 6.92 Å². The third kappa shape index (κ3) is 2.77. The van der Waals surface area contributed by atoms with Gasteiger partial charge in [0.15, 0.2) is 0 Å². The van der Waals surface area contributed by atoms with Crippen molar-refractivity contribution in [2.45, 2.75) is 71.4 Å². The molecule has 3 rings (SSSR count). The average Bonchev–Trinajstić information content (AvgIpc) is 2.90. The first-order valence-electron chi connectivity index (χ1n) is 9.27. The normalized spacial score (nSPS) is 20.7. The Labute approximate surface area is 149 Å². The highest BCUT2D eigenvalue weighted by atomic mass is 16.5. The monoisotopic (exact) mass is 343 g/mol. The Bertz CT molecular complexity index is 813. The van der Waals surface area contributed by atoms with E-state index in [1.54, 1.807) is 0 Å². The van der Waals surface area contributed by atoms with Crippen LogP contribution in [0.4, 0.5) is 0 Å². The van der Waals surface area contributed by atoms with Gasteiger partial charge in [0.1, 0.15) is 5.60 Å². The van der Waals surface area contributed by atoms with Crippen LogP contribution >= 0.6 is 0 Å². The van der Waals surface area contributed by atoms with Gasteiger partial charge in [-0.05, 0) is 51.2 Å². The number of carbonyl (C=O) groups is 1. The second-order valence-electron chi connectivity index (χ2n) is 8.02. The lowest BCUT2D eigenvalue weighted by Crippen LogP contribution is -2.41. The van der Waals surface area contributed by atoms with E-state index in [1.165, 1.54) is 22.0 Å². The highest BCUT2D eigenvalue weighted by Gasteiger charge is 2.44. The predicted octanol–water partition coefficient (Wildman–Crippen LogP) is 4.61. The number of aromatic nitrogens is 1. The summed E-state index contributed by atoms with van der Waals surface area (Å²) >= 11 is 0. The summed E-state index contributed by atoms with van der Waals surface area (Å²) in [5, 5.41) is 10.8. The number of aryl methyl sites for hydroxylation is 1. The molecule has 1 unspecified atom stereocenters. The van der Waals surface area contributed by atoms with Gasteiger partial charge in [0.05, 0.1) is 24.2 Å². The Morgan fingerprint density at radius 3 is 2.60 bits per heavy atom. The molecule has 25 heavy (non-hydrogen) atoms. The smallest absolute Gasteiger partial charge is 0.306 e. The number of aliphatic carboxylic acids is 1. The fourth-order valence-corrected chi connectivity index (χ4v) is 4.35. The largest absolute Gasteiger partial charge is 0.481 e. The Balaban J connectivity index is 2.46. The SMILES string of the molecule is CCc1cccc2c3c(n(C(C)(C)C)c12)C(CC)(CC(=O)O)OCC3. The second kappa shape index (κ2) is 6.17. The second-order valence-corrected chi connectivity index (χ2v) is 8.02. The van der Waals surface area contributed by atoms with Crippen LogP contribution in [0.5, 0.6) is 0 Å². The molecule has 4 heteroatoms. The van der Waals surface area contributed by atoms with Gasteiger partial charge in [0, 0.05) is 10.9 Å². The van der Waals surface area contributed by atoms with Crippen LogP contribution in [0.15, 0.2) is 18.2 Å². The maximum absolute atomic E-state index is 11.7. The highest BCUT2D eigenvalue weighted by Crippen LogP contribution is 2.46. The number of para-hydroxylation sites is 1. The van der Waals surface area contributed by atoms with Crippen LogP contribution in [0.1, 0.15) is 64.3 Å². The van der Waals surface area contributed by atoms with Gasteiger partial charge in [-0.1, -0.05) is 32.0 Å². The number of hydrogen-bond donors (Lipinski definition) is 1. The molecule has 2 heterocycles. The zero-order valence-electron chi connectivity index (χ0n) is 16.0. The Morgan fingerprint density at radius 2 is 2.04 bits per heavy atom. The summed E-state index contributed by atoms with van der Waals surface area (Å²) in [6, 6.07) is 6.48. The highest BCUT2D eigenvalue weighted by molar-refractivity contribution is 5.89. The molecule has 0 bridgehead atoms. The van der Waals surface area contributed by atoms with Gasteiger partial charge in [-0.15, -0.1) is 0 Å². The van der Waals surface area contributed by atoms with E-state index in [4.69, 9.17) is 4.74 Å². The van der Waals surface area contributed by atoms with Crippen molar-refractivity contribution in [3.8, 4) is 0 Å². The van der Waals surface area contributed by atoms with Gasteiger partial charge < -0.3 is 14.4 Å². The van der Waals surface area contributed by atoms with Crippen molar-refractivity contribution < 1.29 is 14.6 Å². The standard InChI is InChI=1S/C21H29NO3/c1-6-14-9-8-10-15-16-11-12-25-21(7-2,13-17(23)24)19(16)22(18(14)15)20(3,4)5/h8-10H,6-7,11-13H2,1-5H3,(H,23,24). The maximum Gasteiger partial charge on any atom is 0.306 e. The summed E-state index contributed by atoms with van der Waals surface area (Å²) in [6.07, 6.45) is 2.45. The maximum atomic E-state index is 11.7. The van der Waals surface area contributed by atoms with E-state index in [0.717, 1.165) is 18.5 Å². The number of rotatable bonds is 4. The van der Waals surface area contributed by atoms with Crippen molar-refractivity contribution in [1.82, 2.24) is 4.57 Å². The van der Waals surface area contributed by atoms with Crippen LogP contribution in [0.25, 0.3) is 10.9 Å². The molecule has 4 nitrogen and oxygen atoms in total. The minimum Gasteiger partial charge on any atom is -0.481 e. The number of fused-ring (bicyclic) bond motifs is 3. The molecular weight excluding hydrogens is 314 g/mol. The molecule has 1 aliphatic rings. The average molecular weight is 343 g/mol. The summed E-state index contributed by atoms with van der Waals surface area (Å²) < 4.78 is 8.55. The fraction of sp³-hybridized carbons (Fsp3) is 0.571. The van der Waals surface area contributed by atoms with Crippen molar-refractivity contribution in [2.75, 3.05) is 6.61 Å².